The monoisotopic (exact) mass is 575 g/mol. The Labute approximate surface area is 211 Å². The van der Waals surface area contributed by atoms with Crippen LogP contribution in [0.15, 0.2) is 33.8 Å². The van der Waals surface area contributed by atoms with E-state index in [0.29, 0.717) is 36.2 Å². The molecule has 1 fully saturated rings. The lowest BCUT2D eigenvalue weighted by atomic mass is 10.2. The van der Waals surface area contributed by atoms with Crippen molar-refractivity contribution < 1.29 is 9.32 Å². The summed E-state index contributed by atoms with van der Waals surface area (Å²) in [5, 5.41) is 11.0. The van der Waals surface area contributed by atoms with Gasteiger partial charge in [0.1, 0.15) is 0 Å². The Hall–Kier alpha value is -1.92. The van der Waals surface area contributed by atoms with Crippen LogP contribution in [0.25, 0.3) is 11.4 Å². The Kier molecular flexibility index (Phi) is 10.7. The minimum atomic E-state index is 0. The third-order valence-corrected chi connectivity index (χ3v) is 5.14. The van der Waals surface area contributed by atoms with Crippen molar-refractivity contribution >= 4 is 47.4 Å². The average Bonchev–Trinajstić information content (AvgIpc) is 3.21. The van der Waals surface area contributed by atoms with E-state index in [9.17, 15) is 4.79 Å². The number of amides is 1. The Bertz CT molecular complexity index is 881. The number of nitrogens with one attached hydrogen (secondary N) is 2. The minimum Gasteiger partial charge on any atom is -0.356 e. The second-order valence-corrected chi connectivity index (χ2v) is 8.16. The standard InChI is InChI=1S/C21H30ClN7O2.HI/c1-15(2)25-18(30)14-28-10-12-29(13-11-28)21(23-3)24-9-8-19-26-20(27-31-19)16-4-6-17(22)7-5-16;/h4-7,15H,8-14H2,1-3H3,(H,23,24)(H,25,30);1H. The number of carbonyl (C=O) groups is 1. The van der Waals surface area contributed by atoms with Crippen LogP contribution >= 0.6 is 35.6 Å². The molecule has 0 spiro atoms. The van der Waals surface area contributed by atoms with Gasteiger partial charge in [-0.3, -0.25) is 14.7 Å². The summed E-state index contributed by atoms with van der Waals surface area (Å²) in [6.07, 6.45) is 0.592. The largest absolute Gasteiger partial charge is 0.356 e. The molecule has 1 amide bonds. The Morgan fingerprint density at radius 1 is 1.22 bits per heavy atom. The number of benzene rings is 1. The van der Waals surface area contributed by atoms with Crippen molar-refractivity contribution in [2.24, 2.45) is 4.99 Å². The van der Waals surface area contributed by atoms with Crippen LogP contribution in [0, 0.1) is 0 Å². The molecule has 0 saturated carbocycles. The van der Waals surface area contributed by atoms with Crippen LogP contribution in [0.2, 0.25) is 5.02 Å². The molecular weight excluding hydrogens is 545 g/mol. The lowest BCUT2D eigenvalue weighted by Crippen LogP contribution is -2.54. The number of hydrogen-bond acceptors (Lipinski definition) is 6. The molecule has 0 radical (unpaired) electrons. The molecule has 32 heavy (non-hydrogen) atoms. The van der Waals surface area contributed by atoms with Gasteiger partial charge in [0.15, 0.2) is 5.96 Å². The molecule has 11 heteroatoms. The number of carbonyl (C=O) groups excluding carboxylic acids is 1. The van der Waals surface area contributed by atoms with E-state index in [2.05, 4.69) is 35.6 Å². The summed E-state index contributed by atoms with van der Waals surface area (Å²) in [5.74, 6) is 2.02. The zero-order chi connectivity index (χ0) is 22.2. The molecule has 0 aliphatic carbocycles. The lowest BCUT2D eigenvalue weighted by molar-refractivity contribution is -0.123. The van der Waals surface area contributed by atoms with E-state index in [1.165, 1.54) is 0 Å². The summed E-state index contributed by atoms with van der Waals surface area (Å²) in [5.41, 5.74) is 0.864. The Morgan fingerprint density at radius 3 is 2.53 bits per heavy atom. The molecule has 0 unspecified atom stereocenters. The zero-order valence-electron chi connectivity index (χ0n) is 18.7. The van der Waals surface area contributed by atoms with Gasteiger partial charge in [-0.2, -0.15) is 4.98 Å². The highest BCUT2D eigenvalue weighted by atomic mass is 127. The molecule has 1 aliphatic heterocycles. The Balaban J connectivity index is 0.00000363. The molecule has 0 atom stereocenters. The van der Waals surface area contributed by atoms with Gasteiger partial charge in [0.25, 0.3) is 0 Å². The number of aliphatic imine (C=N–C) groups is 1. The van der Waals surface area contributed by atoms with Gasteiger partial charge < -0.3 is 20.1 Å². The van der Waals surface area contributed by atoms with Crippen molar-refractivity contribution in [3.63, 3.8) is 0 Å². The number of aromatic nitrogens is 2. The van der Waals surface area contributed by atoms with E-state index in [1.54, 1.807) is 19.2 Å². The van der Waals surface area contributed by atoms with Crippen LogP contribution in [0.5, 0.6) is 0 Å². The van der Waals surface area contributed by atoms with Crippen LogP contribution in [-0.4, -0.2) is 84.2 Å². The maximum Gasteiger partial charge on any atom is 0.234 e. The van der Waals surface area contributed by atoms with Crippen molar-refractivity contribution in [3.05, 3.63) is 35.2 Å². The Morgan fingerprint density at radius 2 is 1.91 bits per heavy atom. The van der Waals surface area contributed by atoms with E-state index in [1.807, 2.05) is 26.0 Å². The van der Waals surface area contributed by atoms with Gasteiger partial charge in [0.05, 0.1) is 6.54 Å². The third-order valence-electron chi connectivity index (χ3n) is 4.89. The molecule has 1 saturated heterocycles. The quantitative estimate of drug-likeness (QED) is 0.297. The van der Waals surface area contributed by atoms with Crippen LogP contribution < -0.4 is 10.6 Å². The SMILES string of the molecule is CN=C(NCCc1nc(-c2ccc(Cl)cc2)no1)N1CCN(CC(=O)NC(C)C)CC1.I. The van der Waals surface area contributed by atoms with E-state index in [-0.39, 0.29) is 35.9 Å². The van der Waals surface area contributed by atoms with Gasteiger partial charge in [-0.25, -0.2) is 0 Å². The number of hydrogen-bond donors (Lipinski definition) is 2. The summed E-state index contributed by atoms with van der Waals surface area (Å²) >= 11 is 5.92. The van der Waals surface area contributed by atoms with Gasteiger partial charge in [0, 0.05) is 62.8 Å². The predicted molar refractivity (Wildman–Crippen MR) is 137 cm³/mol. The molecule has 2 heterocycles. The fourth-order valence-corrected chi connectivity index (χ4v) is 3.50. The maximum atomic E-state index is 11.9. The van der Waals surface area contributed by atoms with Crippen LogP contribution in [0.4, 0.5) is 0 Å². The number of halogens is 2. The van der Waals surface area contributed by atoms with Gasteiger partial charge in [-0.15, -0.1) is 24.0 Å². The number of nitrogens with zero attached hydrogens (tertiary/aromatic N) is 5. The molecular formula is C21H31ClIN7O2. The smallest absolute Gasteiger partial charge is 0.234 e. The second-order valence-electron chi connectivity index (χ2n) is 7.73. The fourth-order valence-electron chi connectivity index (χ4n) is 3.37. The third kappa shape index (κ3) is 7.89. The van der Waals surface area contributed by atoms with E-state index >= 15 is 0 Å². The summed E-state index contributed by atoms with van der Waals surface area (Å²) in [7, 11) is 1.77. The fraction of sp³-hybridized carbons (Fsp3) is 0.524. The van der Waals surface area contributed by atoms with Gasteiger partial charge >= 0.3 is 0 Å². The van der Waals surface area contributed by atoms with Gasteiger partial charge in [-0.1, -0.05) is 16.8 Å². The van der Waals surface area contributed by atoms with E-state index in [4.69, 9.17) is 16.1 Å². The maximum absolute atomic E-state index is 11.9. The highest BCUT2D eigenvalue weighted by Gasteiger charge is 2.21. The molecule has 176 valence electrons. The molecule has 1 aromatic heterocycles. The molecule has 1 aromatic carbocycles. The lowest BCUT2D eigenvalue weighted by Gasteiger charge is -2.36. The van der Waals surface area contributed by atoms with Crippen LogP contribution in [-0.2, 0) is 11.2 Å². The van der Waals surface area contributed by atoms with Crippen molar-refractivity contribution in [1.29, 1.82) is 0 Å². The summed E-state index contributed by atoms with van der Waals surface area (Å²) in [4.78, 5) is 25.1. The van der Waals surface area contributed by atoms with Gasteiger partial charge in [0.2, 0.25) is 17.6 Å². The van der Waals surface area contributed by atoms with Crippen molar-refractivity contribution in [2.75, 3.05) is 46.3 Å². The van der Waals surface area contributed by atoms with Crippen molar-refractivity contribution in [2.45, 2.75) is 26.3 Å². The molecule has 3 rings (SSSR count). The van der Waals surface area contributed by atoms with Crippen LogP contribution in [0.3, 0.4) is 0 Å². The second kappa shape index (κ2) is 12.9. The number of piperazine rings is 1. The van der Waals surface area contributed by atoms with Crippen LogP contribution in [0.1, 0.15) is 19.7 Å². The molecule has 9 nitrogen and oxygen atoms in total. The normalized spacial score (nSPS) is 14.9. The molecule has 1 aliphatic rings. The van der Waals surface area contributed by atoms with E-state index in [0.717, 1.165) is 37.7 Å². The first-order valence-electron chi connectivity index (χ1n) is 10.5. The van der Waals surface area contributed by atoms with Crippen molar-refractivity contribution in [3.8, 4) is 11.4 Å². The first-order valence-corrected chi connectivity index (χ1v) is 10.9. The average molecular weight is 576 g/mol. The summed E-state index contributed by atoms with van der Waals surface area (Å²) in [6.45, 7) is 8.28. The predicted octanol–water partition coefficient (Wildman–Crippen LogP) is 2.27. The zero-order valence-corrected chi connectivity index (χ0v) is 21.8. The summed E-state index contributed by atoms with van der Waals surface area (Å²) in [6, 6.07) is 7.49. The summed E-state index contributed by atoms with van der Waals surface area (Å²) < 4.78 is 5.36. The minimum absolute atomic E-state index is 0. The topological polar surface area (TPSA) is 98.9 Å². The first-order chi connectivity index (χ1) is 14.9. The van der Waals surface area contributed by atoms with E-state index < -0.39 is 0 Å². The molecule has 0 bridgehead atoms. The number of rotatable bonds is 7. The van der Waals surface area contributed by atoms with Gasteiger partial charge in [-0.05, 0) is 38.1 Å². The van der Waals surface area contributed by atoms with Crippen molar-refractivity contribution in [1.82, 2.24) is 30.6 Å². The molecule has 2 aromatic rings. The first kappa shape index (κ1) is 26.3. The molecule has 2 N–H and O–H groups in total. The highest BCUT2D eigenvalue weighted by molar-refractivity contribution is 14.0. The number of guanidine groups is 1. The highest BCUT2D eigenvalue weighted by Crippen LogP contribution is 2.18.